The number of hydrogen-bond donors (Lipinski definition) is 1. The minimum Gasteiger partial charge on any atom is -0.505 e. The van der Waals surface area contributed by atoms with Gasteiger partial charge < -0.3 is 14.6 Å². The van der Waals surface area contributed by atoms with Gasteiger partial charge in [0, 0.05) is 24.8 Å². The maximum absolute atomic E-state index is 14.8. The average molecular weight is 399 g/mol. The number of rotatable bonds is 6. The lowest BCUT2D eigenvalue weighted by Crippen LogP contribution is -2.05. The Labute approximate surface area is 168 Å². The maximum atomic E-state index is 14.8. The van der Waals surface area contributed by atoms with E-state index in [9.17, 15) is 13.9 Å². The molecule has 2 aromatic carbocycles. The first-order valence-electron chi connectivity index (χ1n) is 9.18. The van der Waals surface area contributed by atoms with Crippen molar-refractivity contribution in [2.45, 2.75) is 27.2 Å². The van der Waals surface area contributed by atoms with E-state index in [2.05, 4.69) is 4.98 Å². The molecule has 0 bridgehead atoms. The van der Waals surface area contributed by atoms with Crippen LogP contribution in [0.25, 0.3) is 11.3 Å². The number of aromatic hydroxyl groups is 1. The highest BCUT2D eigenvalue weighted by molar-refractivity contribution is 5.68. The summed E-state index contributed by atoms with van der Waals surface area (Å²) >= 11 is 0. The van der Waals surface area contributed by atoms with Crippen LogP contribution in [-0.4, -0.2) is 24.0 Å². The first-order valence-corrected chi connectivity index (χ1v) is 9.18. The number of hydrogen-bond acceptors (Lipinski definition) is 4. The highest BCUT2D eigenvalue weighted by Gasteiger charge is 2.18. The summed E-state index contributed by atoms with van der Waals surface area (Å²) in [7, 11) is 1.50. The second-order valence-electron chi connectivity index (χ2n) is 6.94. The molecule has 1 aromatic heterocycles. The molecule has 0 saturated heterocycles. The van der Waals surface area contributed by atoms with Gasteiger partial charge in [0.2, 0.25) is 0 Å². The molecule has 0 saturated carbocycles. The fourth-order valence-electron chi connectivity index (χ4n) is 3.28. The Hall–Kier alpha value is -2.99. The van der Waals surface area contributed by atoms with E-state index in [1.807, 2.05) is 0 Å². The van der Waals surface area contributed by atoms with E-state index in [0.717, 1.165) is 11.1 Å². The van der Waals surface area contributed by atoms with Crippen LogP contribution in [0.4, 0.5) is 8.78 Å². The van der Waals surface area contributed by atoms with Gasteiger partial charge in [0.15, 0.2) is 18.4 Å². The number of aryl methyl sites for hydroxylation is 2. The van der Waals surface area contributed by atoms with E-state index in [1.54, 1.807) is 51.1 Å². The summed E-state index contributed by atoms with van der Waals surface area (Å²) in [5, 5.41) is 9.68. The first kappa shape index (κ1) is 20.7. The topological polar surface area (TPSA) is 51.6 Å². The zero-order valence-corrected chi connectivity index (χ0v) is 16.8. The summed E-state index contributed by atoms with van der Waals surface area (Å²) in [5.41, 5.74) is 3.66. The lowest BCUT2D eigenvalue weighted by Gasteiger charge is -2.15. The van der Waals surface area contributed by atoms with E-state index >= 15 is 0 Å². The lowest BCUT2D eigenvalue weighted by molar-refractivity contribution is 0.0513. The number of methoxy groups -OCH3 is 1. The molecule has 29 heavy (non-hydrogen) atoms. The van der Waals surface area contributed by atoms with E-state index in [-0.39, 0.29) is 18.4 Å². The Morgan fingerprint density at radius 1 is 1.00 bits per heavy atom. The SMILES string of the molecule is COCOc1ccc(Cc2c(C)cc(O)c(F)c2C)nc1-c1cccc(C)c1F. The predicted octanol–water partition coefficient (Wildman–Crippen LogP) is 5.23. The molecule has 0 unspecified atom stereocenters. The number of aromatic nitrogens is 1. The summed E-state index contributed by atoms with van der Waals surface area (Å²) in [6, 6.07) is 9.95. The minimum absolute atomic E-state index is 0.00283. The van der Waals surface area contributed by atoms with Gasteiger partial charge in [-0.15, -0.1) is 0 Å². The zero-order valence-electron chi connectivity index (χ0n) is 16.8. The molecule has 0 aliphatic carbocycles. The number of halogens is 2. The van der Waals surface area contributed by atoms with Crippen molar-refractivity contribution in [3.05, 3.63) is 76.0 Å². The molecule has 1 N–H and O–H groups in total. The van der Waals surface area contributed by atoms with E-state index in [0.29, 0.717) is 40.2 Å². The largest absolute Gasteiger partial charge is 0.505 e. The molecule has 0 aliphatic heterocycles. The van der Waals surface area contributed by atoms with Crippen LogP contribution in [0.15, 0.2) is 36.4 Å². The van der Waals surface area contributed by atoms with Crippen molar-refractivity contribution in [2.75, 3.05) is 13.9 Å². The third-order valence-corrected chi connectivity index (χ3v) is 4.89. The van der Waals surface area contributed by atoms with Gasteiger partial charge in [0.25, 0.3) is 0 Å². The normalized spacial score (nSPS) is 11.0. The molecule has 1 heterocycles. The van der Waals surface area contributed by atoms with Gasteiger partial charge in [-0.1, -0.05) is 12.1 Å². The highest BCUT2D eigenvalue weighted by atomic mass is 19.1. The molecular weight excluding hydrogens is 376 g/mol. The van der Waals surface area contributed by atoms with Crippen molar-refractivity contribution in [2.24, 2.45) is 0 Å². The van der Waals surface area contributed by atoms with Crippen molar-refractivity contribution in [1.82, 2.24) is 4.98 Å². The summed E-state index contributed by atoms with van der Waals surface area (Å²) in [6.45, 7) is 5.11. The fourth-order valence-corrected chi connectivity index (χ4v) is 3.28. The zero-order chi connectivity index (χ0) is 21.1. The van der Waals surface area contributed by atoms with Crippen LogP contribution in [0.1, 0.15) is 27.9 Å². The molecular formula is C23H23F2NO3. The van der Waals surface area contributed by atoms with Gasteiger partial charge in [0.1, 0.15) is 17.3 Å². The number of benzene rings is 2. The van der Waals surface area contributed by atoms with Gasteiger partial charge in [-0.2, -0.15) is 0 Å². The Morgan fingerprint density at radius 3 is 2.48 bits per heavy atom. The molecule has 0 amide bonds. The standard InChI is InChI=1S/C23H23F2NO3/c1-13-6-5-7-17(21(13)24)23-20(29-12-28-4)9-8-16(26-23)11-18-14(2)10-19(27)22(25)15(18)3/h5-10,27H,11-12H2,1-4H3. The Morgan fingerprint density at radius 2 is 1.76 bits per heavy atom. The summed E-state index contributed by atoms with van der Waals surface area (Å²) < 4.78 is 39.5. The number of pyridine rings is 1. The smallest absolute Gasteiger partial charge is 0.188 e. The molecule has 0 aliphatic rings. The van der Waals surface area contributed by atoms with Crippen molar-refractivity contribution in [3.8, 4) is 22.8 Å². The number of ether oxygens (including phenoxy) is 2. The summed E-state index contributed by atoms with van der Waals surface area (Å²) in [5.74, 6) is -0.994. The van der Waals surface area contributed by atoms with Crippen LogP contribution in [-0.2, 0) is 11.2 Å². The number of nitrogens with zero attached hydrogens (tertiary/aromatic N) is 1. The highest BCUT2D eigenvalue weighted by Crippen LogP contribution is 2.33. The van der Waals surface area contributed by atoms with Crippen LogP contribution < -0.4 is 4.74 Å². The molecule has 6 heteroatoms. The quantitative estimate of drug-likeness (QED) is 0.577. The molecule has 0 atom stereocenters. The Balaban J connectivity index is 2.09. The van der Waals surface area contributed by atoms with E-state index < -0.39 is 5.82 Å². The molecule has 0 fully saturated rings. The lowest BCUT2D eigenvalue weighted by atomic mass is 9.97. The van der Waals surface area contributed by atoms with Crippen LogP contribution in [0.5, 0.6) is 11.5 Å². The van der Waals surface area contributed by atoms with E-state index in [1.165, 1.54) is 13.2 Å². The maximum Gasteiger partial charge on any atom is 0.188 e. The second-order valence-corrected chi connectivity index (χ2v) is 6.94. The van der Waals surface area contributed by atoms with Gasteiger partial charge in [-0.3, -0.25) is 0 Å². The third kappa shape index (κ3) is 4.22. The van der Waals surface area contributed by atoms with Crippen molar-refractivity contribution in [3.63, 3.8) is 0 Å². The number of phenolic OH excluding ortho intramolecular Hbond substituents is 1. The van der Waals surface area contributed by atoms with Crippen LogP contribution >= 0.6 is 0 Å². The minimum atomic E-state index is -0.643. The Kier molecular flexibility index (Phi) is 6.13. The van der Waals surface area contributed by atoms with Crippen molar-refractivity contribution < 1.29 is 23.4 Å². The predicted molar refractivity (Wildman–Crippen MR) is 107 cm³/mol. The average Bonchev–Trinajstić information content (AvgIpc) is 2.70. The van der Waals surface area contributed by atoms with Gasteiger partial charge in [-0.25, -0.2) is 13.8 Å². The summed E-state index contributed by atoms with van der Waals surface area (Å²) in [6.07, 6.45) is 0.333. The molecule has 0 spiro atoms. The fraction of sp³-hybridized carbons (Fsp3) is 0.261. The van der Waals surface area contributed by atoms with Gasteiger partial charge in [-0.05, 0) is 67.3 Å². The van der Waals surface area contributed by atoms with Gasteiger partial charge in [0.05, 0.1) is 0 Å². The third-order valence-electron chi connectivity index (χ3n) is 4.89. The van der Waals surface area contributed by atoms with Crippen LogP contribution in [0.3, 0.4) is 0 Å². The van der Waals surface area contributed by atoms with Crippen molar-refractivity contribution >= 4 is 0 Å². The van der Waals surface area contributed by atoms with E-state index in [4.69, 9.17) is 9.47 Å². The number of phenols is 1. The molecule has 152 valence electrons. The van der Waals surface area contributed by atoms with Gasteiger partial charge >= 0.3 is 0 Å². The molecule has 3 rings (SSSR count). The summed E-state index contributed by atoms with van der Waals surface area (Å²) in [4.78, 5) is 4.62. The second kappa shape index (κ2) is 8.57. The van der Waals surface area contributed by atoms with Crippen LogP contribution in [0.2, 0.25) is 0 Å². The molecule has 0 radical (unpaired) electrons. The molecule has 3 aromatic rings. The Bertz CT molecular complexity index is 1050. The van der Waals surface area contributed by atoms with Crippen molar-refractivity contribution in [1.29, 1.82) is 0 Å². The first-order chi connectivity index (χ1) is 13.8. The monoisotopic (exact) mass is 399 g/mol. The van der Waals surface area contributed by atoms with Crippen LogP contribution in [0, 0.1) is 32.4 Å². The molecule has 4 nitrogen and oxygen atoms in total.